The van der Waals surface area contributed by atoms with Crippen molar-refractivity contribution in [1.29, 1.82) is 0 Å². The van der Waals surface area contributed by atoms with Gasteiger partial charge in [0.1, 0.15) is 5.60 Å². The van der Waals surface area contributed by atoms with Crippen molar-refractivity contribution in [2.75, 3.05) is 18.8 Å². The minimum absolute atomic E-state index is 0.246. The average Bonchev–Trinajstić information content (AvgIpc) is 3.08. The van der Waals surface area contributed by atoms with Crippen LogP contribution in [0.25, 0.3) is 16.8 Å². The van der Waals surface area contributed by atoms with Gasteiger partial charge in [-0.3, -0.25) is 0 Å². The normalized spacial score (nSPS) is 13.6. The number of aromatic amines is 1. The van der Waals surface area contributed by atoms with Crippen LogP contribution in [0.15, 0.2) is 36.4 Å². The van der Waals surface area contributed by atoms with Gasteiger partial charge in [0.25, 0.3) is 0 Å². The van der Waals surface area contributed by atoms with Crippen molar-refractivity contribution in [2.45, 2.75) is 46.1 Å². The summed E-state index contributed by atoms with van der Waals surface area (Å²) in [6.07, 6.45) is 3.84. The van der Waals surface area contributed by atoms with E-state index in [1.165, 1.54) is 11.1 Å². The first-order valence-corrected chi connectivity index (χ1v) is 9.93. The van der Waals surface area contributed by atoms with E-state index in [-0.39, 0.29) is 12.2 Å². The second-order valence-corrected chi connectivity index (χ2v) is 8.04. The number of aromatic nitrogens is 1. The Morgan fingerprint density at radius 1 is 1.20 bits per heavy atom. The number of hydrogen-bond acceptors (Lipinski definition) is 5. The molecule has 0 atom stereocenters. The number of H-pyrrole nitrogens is 1. The first-order chi connectivity index (χ1) is 14.2. The SMILES string of the molecule is CCc1[nH]c(-c2ccc(C3=CCN(C(=O)OC(C)(C)C)CC3)cc2)cc1N.O=C=O. The molecule has 1 aromatic heterocycles. The molecule has 7 nitrogen and oxygen atoms in total. The van der Waals surface area contributed by atoms with Crippen LogP contribution in [0.1, 0.15) is 45.4 Å². The molecular weight excluding hydrogens is 382 g/mol. The molecule has 7 heteroatoms. The number of amides is 1. The van der Waals surface area contributed by atoms with Gasteiger partial charge in [-0.2, -0.15) is 9.59 Å². The summed E-state index contributed by atoms with van der Waals surface area (Å²) in [4.78, 5) is 33.6. The smallest absolute Gasteiger partial charge is 0.410 e. The van der Waals surface area contributed by atoms with E-state index in [9.17, 15) is 4.79 Å². The van der Waals surface area contributed by atoms with Crippen molar-refractivity contribution in [3.63, 3.8) is 0 Å². The average molecular weight is 412 g/mol. The Kier molecular flexibility index (Phi) is 7.61. The van der Waals surface area contributed by atoms with E-state index in [0.29, 0.717) is 13.1 Å². The summed E-state index contributed by atoms with van der Waals surface area (Å²) < 4.78 is 5.45. The molecule has 1 aliphatic heterocycles. The third kappa shape index (κ3) is 6.09. The molecule has 2 aromatic rings. The molecule has 0 aliphatic carbocycles. The lowest BCUT2D eigenvalue weighted by atomic mass is 9.98. The third-order valence-corrected chi connectivity index (χ3v) is 4.71. The number of nitrogens with two attached hydrogens (primary N) is 1. The third-order valence-electron chi connectivity index (χ3n) is 4.71. The minimum Gasteiger partial charge on any atom is -0.444 e. The van der Waals surface area contributed by atoms with Gasteiger partial charge < -0.3 is 20.4 Å². The lowest BCUT2D eigenvalue weighted by Crippen LogP contribution is -2.39. The van der Waals surface area contributed by atoms with Crippen molar-refractivity contribution in [1.82, 2.24) is 9.88 Å². The zero-order valence-electron chi connectivity index (χ0n) is 18.0. The predicted molar refractivity (Wildman–Crippen MR) is 115 cm³/mol. The van der Waals surface area contributed by atoms with E-state index in [0.717, 1.165) is 35.5 Å². The highest BCUT2D eigenvalue weighted by atomic mass is 16.6. The molecule has 2 heterocycles. The molecule has 0 saturated heterocycles. The zero-order chi connectivity index (χ0) is 22.3. The number of ether oxygens (including phenoxy) is 1. The van der Waals surface area contributed by atoms with Crippen molar-refractivity contribution in [3.05, 3.63) is 47.7 Å². The number of carbonyl (C=O) groups is 1. The molecule has 0 unspecified atom stereocenters. The Hall–Kier alpha value is -3.31. The van der Waals surface area contributed by atoms with Gasteiger partial charge in [-0.1, -0.05) is 37.3 Å². The summed E-state index contributed by atoms with van der Waals surface area (Å²) in [7, 11) is 0. The molecule has 3 rings (SSSR count). The number of nitrogens with one attached hydrogen (secondary N) is 1. The fourth-order valence-corrected chi connectivity index (χ4v) is 3.25. The highest BCUT2D eigenvalue weighted by Gasteiger charge is 2.23. The second kappa shape index (κ2) is 9.94. The molecule has 1 aromatic carbocycles. The monoisotopic (exact) mass is 411 g/mol. The molecule has 0 radical (unpaired) electrons. The van der Waals surface area contributed by atoms with Crippen molar-refractivity contribution in [3.8, 4) is 11.3 Å². The van der Waals surface area contributed by atoms with Gasteiger partial charge >= 0.3 is 12.2 Å². The minimum atomic E-state index is -0.463. The molecule has 160 valence electrons. The summed E-state index contributed by atoms with van der Waals surface area (Å²) in [5.41, 5.74) is 12.1. The first-order valence-electron chi connectivity index (χ1n) is 9.93. The summed E-state index contributed by atoms with van der Waals surface area (Å²) >= 11 is 0. The van der Waals surface area contributed by atoms with Gasteiger partial charge in [-0.05, 0) is 56.4 Å². The number of rotatable bonds is 3. The summed E-state index contributed by atoms with van der Waals surface area (Å²) in [5, 5.41) is 0. The van der Waals surface area contributed by atoms with Crippen molar-refractivity contribution < 1.29 is 19.1 Å². The maximum absolute atomic E-state index is 12.2. The van der Waals surface area contributed by atoms with E-state index in [4.69, 9.17) is 20.1 Å². The largest absolute Gasteiger partial charge is 0.444 e. The van der Waals surface area contributed by atoms with Crippen LogP contribution < -0.4 is 5.73 Å². The Balaban J connectivity index is 0.00000101. The lowest BCUT2D eigenvalue weighted by Gasteiger charge is -2.29. The summed E-state index contributed by atoms with van der Waals surface area (Å²) in [6, 6.07) is 10.5. The first kappa shape index (κ1) is 23.0. The number of hydrogen-bond donors (Lipinski definition) is 2. The van der Waals surface area contributed by atoms with Crippen LogP contribution in [-0.4, -0.2) is 40.8 Å². The fourth-order valence-electron chi connectivity index (χ4n) is 3.25. The van der Waals surface area contributed by atoms with Crippen molar-refractivity contribution >= 4 is 23.5 Å². The molecule has 1 aliphatic rings. The molecule has 0 spiro atoms. The highest BCUT2D eigenvalue weighted by Crippen LogP contribution is 2.28. The van der Waals surface area contributed by atoms with Crippen LogP contribution in [0.2, 0.25) is 0 Å². The fraction of sp³-hybridized carbons (Fsp3) is 0.391. The topological polar surface area (TPSA) is 105 Å². The quantitative estimate of drug-likeness (QED) is 0.785. The van der Waals surface area contributed by atoms with Crippen LogP contribution in [-0.2, 0) is 20.7 Å². The van der Waals surface area contributed by atoms with Gasteiger partial charge in [-0.25, -0.2) is 4.79 Å². The van der Waals surface area contributed by atoms with Crippen LogP contribution in [0.4, 0.5) is 10.5 Å². The molecule has 30 heavy (non-hydrogen) atoms. The van der Waals surface area contributed by atoms with E-state index in [2.05, 4.69) is 42.2 Å². The molecule has 0 fully saturated rings. The number of benzene rings is 1. The molecular formula is C23H29N3O4. The molecule has 0 bridgehead atoms. The Labute approximate surface area is 176 Å². The van der Waals surface area contributed by atoms with E-state index < -0.39 is 5.60 Å². The summed E-state index contributed by atoms with van der Waals surface area (Å²) in [5.74, 6) is 0. The molecule has 3 N–H and O–H groups in total. The van der Waals surface area contributed by atoms with Gasteiger partial charge in [0.2, 0.25) is 0 Å². The van der Waals surface area contributed by atoms with E-state index in [1.54, 1.807) is 4.90 Å². The van der Waals surface area contributed by atoms with Crippen LogP contribution in [0.3, 0.4) is 0 Å². The zero-order valence-corrected chi connectivity index (χ0v) is 18.0. The van der Waals surface area contributed by atoms with E-state index in [1.807, 2.05) is 26.8 Å². The van der Waals surface area contributed by atoms with Crippen LogP contribution in [0, 0.1) is 0 Å². The number of aryl methyl sites for hydroxylation is 1. The van der Waals surface area contributed by atoms with Crippen LogP contribution in [0.5, 0.6) is 0 Å². The standard InChI is InChI=1S/C22H29N3O2.CO2/c1-5-19-18(23)14-20(24-19)17-8-6-15(7-9-17)16-10-12-25(13-11-16)21(26)27-22(2,3)4;2-1-3/h6-10,14,24H,5,11-13,23H2,1-4H3;. The van der Waals surface area contributed by atoms with Gasteiger partial charge in [0.15, 0.2) is 0 Å². The number of nitrogens with zero attached hydrogens (tertiary/aromatic N) is 1. The van der Waals surface area contributed by atoms with E-state index >= 15 is 0 Å². The Morgan fingerprint density at radius 3 is 2.27 bits per heavy atom. The van der Waals surface area contributed by atoms with Gasteiger partial charge in [-0.15, -0.1) is 0 Å². The number of anilines is 1. The van der Waals surface area contributed by atoms with Crippen LogP contribution >= 0.6 is 0 Å². The Bertz CT molecular complexity index is 930. The van der Waals surface area contributed by atoms with Gasteiger partial charge in [0, 0.05) is 24.5 Å². The highest BCUT2D eigenvalue weighted by molar-refractivity contribution is 5.74. The summed E-state index contributed by atoms with van der Waals surface area (Å²) in [6.45, 7) is 9.01. The maximum atomic E-state index is 12.2. The predicted octanol–water partition coefficient (Wildman–Crippen LogP) is 4.27. The van der Waals surface area contributed by atoms with Gasteiger partial charge in [0.05, 0.1) is 5.69 Å². The number of carbonyl (C=O) groups excluding carboxylic acids is 3. The maximum Gasteiger partial charge on any atom is 0.410 e. The lowest BCUT2D eigenvalue weighted by molar-refractivity contribution is -0.191. The number of nitrogen functional groups attached to an aromatic ring is 1. The molecule has 1 amide bonds. The molecule has 0 saturated carbocycles. The van der Waals surface area contributed by atoms with Crippen molar-refractivity contribution in [2.24, 2.45) is 0 Å². The Morgan fingerprint density at radius 2 is 1.80 bits per heavy atom. The second-order valence-electron chi connectivity index (χ2n) is 8.04.